The Labute approximate surface area is 160 Å². The lowest BCUT2D eigenvalue weighted by Gasteiger charge is -2.29. The summed E-state index contributed by atoms with van der Waals surface area (Å²) in [6.45, 7) is 4.18. The van der Waals surface area contributed by atoms with Crippen molar-refractivity contribution in [3.05, 3.63) is 0 Å². The Morgan fingerprint density at radius 3 is 1.04 bits per heavy atom. The third-order valence-corrected chi connectivity index (χ3v) is 5.22. The van der Waals surface area contributed by atoms with Gasteiger partial charge in [0.25, 0.3) is 0 Å². The Morgan fingerprint density at radius 2 is 0.769 bits per heavy atom. The molecule has 0 aromatic carbocycles. The van der Waals surface area contributed by atoms with Crippen molar-refractivity contribution >= 4 is 0 Å². The quantitative estimate of drug-likeness (QED) is 0.386. The molecule has 0 rings (SSSR count). The van der Waals surface area contributed by atoms with E-state index in [-0.39, 0.29) is 36.6 Å². The van der Waals surface area contributed by atoms with E-state index in [0.29, 0.717) is 0 Å². The van der Waals surface area contributed by atoms with E-state index in [2.05, 4.69) is 13.8 Å². The molecule has 158 valence electrons. The van der Waals surface area contributed by atoms with Crippen LogP contribution in [0.25, 0.3) is 0 Å². The molecule has 0 heterocycles. The lowest BCUT2D eigenvalue weighted by Crippen LogP contribution is -2.32. The third-order valence-electron chi connectivity index (χ3n) is 5.22. The van der Waals surface area contributed by atoms with Crippen LogP contribution in [0, 0.1) is 0 Å². The molecule has 0 fully saturated rings. The monoisotopic (exact) mass is 378 g/mol. The van der Waals surface area contributed by atoms with Gasteiger partial charge in [-0.05, 0) is 45.4 Å². The van der Waals surface area contributed by atoms with Crippen molar-refractivity contribution in [2.45, 2.75) is 89.0 Å². The van der Waals surface area contributed by atoms with Crippen molar-refractivity contribution in [2.75, 3.05) is 42.7 Å². The minimum Gasteiger partial charge on any atom is -0.382 e. The average molecular weight is 379 g/mol. The van der Waals surface area contributed by atoms with E-state index in [4.69, 9.17) is 28.4 Å². The molecule has 6 heteroatoms. The Hall–Kier alpha value is -0.240. The van der Waals surface area contributed by atoms with E-state index < -0.39 is 0 Å². The van der Waals surface area contributed by atoms with Crippen LogP contribution in [0.1, 0.15) is 52.4 Å². The van der Waals surface area contributed by atoms with Crippen LogP contribution < -0.4 is 0 Å². The molecule has 0 amide bonds. The van der Waals surface area contributed by atoms with Crippen molar-refractivity contribution < 1.29 is 28.4 Å². The van der Waals surface area contributed by atoms with Crippen LogP contribution in [-0.4, -0.2) is 79.3 Å². The summed E-state index contributed by atoms with van der Waals surface area (Å²) in [5, 5.41) is 0. The molecule has 0 aromatic heterocycles. The van der Waals surface area contributed by atoms with E-state index in [9.17, 15) is 0 Å². The van der Waals surface area contributed by atoms with Gasteiger partial charge in [-0.25, -0.2) is 0 Å². The second-order valence-corrected chi connectivity index (χ2v) is 6.92. The van der Waals surface area contributed by atoms with Crippen LogP contribution in [0.5, 0.6) is 0 Å². The van der Waals surface area contributed by atoms with Crippen LogP contribution >= 0.6 is 0 Å². The predicted octanol–water partition coefficient (Wildman–Crippen LogP) is 3.46. The molecule has 0 radical (unpaired) electrons. The largest absolute Gasteiger partial charge is 0.382 e. The SMILES string of the molecule is CCC(CC(CC(CC(CC(CC(C)OC)OC)OC)OC)OC)OC. The van der Waals surface area contributed by atoms with Crippen LogP contribution in [0.2, 0.25) is 0 Å². The standard InChI is InChI=1S/C20H42O6/c1-9-16(22-4)11-18(24-6)13-20(26-8)14-19(25-7)12-17(23-5)10-15(2)21-3/h15-20H,9-14H2,1-8H3. The average Bonchev–Trinajstić information content (AvgIpc) is 2.68. The first-order chi connectivity index (χ1) is 12.5. The lowest BCUT2D eigenvalue weighted by molar-refractivity contribution is -0.0478. The van der Waals surface area contributed by atoms with Gasteiger partial charge in [0.15, 0.2) is 0 Å². The van der Waals surface area contributed by atoms with Gasteiger partial charge >= 0.3 is 0 Å². The van der Waals surface area contributed by atoms with E-state index >= 15 is 0 Å². The lowest BCUT2D eigenvalue weighted by atomic mass is 9.96. The minimum absolute atomic E-state index is 0.0656. The van der Waals surface area contributed by atoms with Crippen LogP contribution in [0.15, 0.2) is 0 Å². The Balaban J connectivity index is 4.66. The van der Waals surface area contributed by atoms with Gasteiger partial charge in [0, 0.05) is 42.7 Å². The highest BCUT2D eigenvalue weighted by atomic mass is 16.5. The number of hydrogen-bond donors (Lipinski definition) is 0. The van der Waals surface area contributed by atoms with Gasteiger partial charge < -0.3 is 28.4 Å². The summed E-state index contributed by atoms with van der Waals surface area (Å²) in [5.41, 5.74) is 0. The highest BCUT2D eigenvalue weighted by molar-refractivity contribution is 4.76. The summed E-state index contributed by atoms with van der Waals surface area (Å²) in [6.07, 6.45) is 5.83. The summed E-state index contributed by atoms with van der Waals surface area (Å²) in [4.78, 5) is 0. The van der Waals surface area contributed by atoms with Crippen LogP contribution in [0.3, 0.4) is 0 Å². The molecular weight excluding hydrogens is 336 g/mol. The summed E-state index contributed by atoms with van der Waals surface area (Å²) in [6, 6.07) is 0. The molecule has 0 aliphatic rings. The molecule has 0 aliphatic heterocycles. The van der Waals surface area contributed by atoms with Crippen LogP contribution in [0.4, 0.5) is 0 Å². The maximum absolute atomic E-state index is 5.71. The zero-order chi connectivity index (χ0) is 19.9. The Bertz CT molecular complexity index is 311. The third kappa shape index (κ3) is 10.8. The first-order valence-electron chi connectivity index (χ1n) is 9.64. The maximum atomic E-state index is 5.71. The Kier molecular flexibility index (Phi) is 15.6. The fraction of sp³-hybridized carbons (Fsp3) is 1.00. The zero-order valence-corrected chi connectivity index (χ0v) is 18.2. The molecule has 0 saturated heterocycles. The minimum atomic E-state index is 0.0656. The van der Waals surface area contributed by atoms with Crippen molar-refractivity contribution in [2.24, 2.45) is 0 Å². The predicted molar refractivity (Wildman–Crippen MR) is 104 cm³/mol. The van der Waals surface area contributed by atoms with Crippen LogP contribution in [-0.2, 0) is 28.4 Å². The first kappa shape index (κ1) is 25.8. The molecule has 6 atom stereocenters. The van der Waals surface area contributed by atoms with Gasteiger partial charge in [-0.3, -0.25) is 0 Å². The normalized spacial score (nSPS) is 18.9. The molecule has 0 N–H and O–H groups in total. The number of hydrogen-bond acceptors (Lipinski definition) is 6. The van der Waals surface area contributed by atoms with Crippen molar-refractivity contribution in [1.29, 1.82) is 0 Å². The molecule has 6 nitrogen and oxygen atoms in total. The summed E-state index contributed by atoms with van der Waals surface area (Å²) >= 11 is 0. The first-order valence-corrected chi connectivity index (χ1v) is 9.64. The van der Waals surface area contributed by atoms with Gasteiger partial charge in [-0.1, -0.05) is 6.92 Å². The van der Waals surface area contributed by atoms with E-state index in [1.807, 2.05) is 0 Å². The van der Waals surface area contributed by atoms with E-state index in [1.165, 1.54) is 0 Å². The van der Waals surface area contributed by atoms with Crippen molar-refractivity contribution in [3.63, 3.8) is 0 Å². The maximum Gasteiger partial charge on any atom is 0.0620 e. The molecule has 0 aliphatic carbocycles. The topological polar surface area (TPSA) is 55.4 Å². The number of ether oxygens (including phenoxy) is 6. The second kappa shape index (κ2) is 15.8. The number of methoxy groups -OCH3 is 6. The summed E-state index contributed by atoms with van der Waals surface area (Å²) in [7, 11) is 10.5. The molecule has 0 bridgehead atoms. The van der Waals surface area contributed by atoms with Gasteiger partial charge in [-0.15, -0.1) is 0 Å². The van der Waals surface area contributed by atoms with Gasteiger partial charge in [0.05, 0.1) is 36.6 Å². The molecule has 26 heavy (non-hydrogen) atoms. The van der Waals surface area contributed by atoms with Crippen molar-refractivity contribution in [3.8, 4) is 0 Å². The molecule has 6 unspecified atom stereocenters. The fourth-order valence-corrected chi connectivity index (χ4v) is 3.22. The Morgan fingerprint density at radius 1 is 0.462 bits per heavy atom. The highest BCUT2D eigenvalue weighted by Gasteiger charge is 2.25. The molecule has 0 aromatic rings. The number of rotatable bonds is 17. The zero-order valence-electron chi connectivity index (χ0n) is 18.2. The second-order valence-electron chi connectivity index (χ2n) is 6.92. The van der Waals surface area contributed by atoms with Gasteiger partial charge in [-0.2, -0.15) is 0 Å². The van der Waals surface area contributed by atoms with E-state index in [0.717, 1.165) is 38.5 Å². The fourth-order valence-electron chi connectivity index (χ4n) is 3.22. The van der Waals surface area contributed by atoms with Gasteiger partial charge in [0.1, 0.15) is 0 Å². The summed E-state index contributed by atoms with van der Waals surface area (Å²) < 4.78 is 33.5. The molecular formula is C20H42O6. The highest BCUT2D eigenvalue weighted by Crippen LogP contribution is 2.21. The van der Waals surface area contributed by atoms with E-state index in [1.54, 1.807) is 42.7 Å². The van der Waals surface area contributed by atoms with Crippen molar-refractivity contribution in [1.82, 2.24) is 0 Å². The summed E-state index contributed by atoms with van der Waals surface area (Å²) in [5.74, 6) is 0. The smallest absolute Gasteiger partial charge is 0.0620 e. The van der Waals surface area contributed by atoms with Gasteiger partial charge in [0.2, 0.25) is 0 Å². The molecule has 0 spiro atoms. The molecule has 0 saturated carbocycles.